The zero-order chi connectivity index (χ0) is 17.1. The second-order valence-electron chi connectivity index (χ2n) is 6.46. The van der Waals surface area contributed by atoms with Gasteiger partial charge in [0.25, 0.3) is 5.91 Å². The van der Waals surface area contributed by atoms with Crippen molar-refractivity contribution < 1.29 is 9.53 Å². The first-order valence-corrected chi connectivity index (χ1v) is 8.73. The molecule has 3 heteroatoms. The molecule has 1 heterocycles. The quantitative estimate of drug-likeness (QED) is 0.829. The second kappa shape index (κ2) is 7.08. The lowest BCUT2D eigenvalue weighted by atomic mass is 9.99. The van der Waals surface area contributed by atoms with Crippen LogP contribution in [0.1, 0.15) is 46.8 Å². The molecule has 0 saturated carbocycles. The summed E-state index contributed by atoms with van der Waals surface area (Å²) in [7, 11) is 1.84. The highest BCUT2D eigenvalue weighted by Crippen LogP contribution is 2.29. The van der Waals surface area contributed by atoms with E-state index >= 15 is 0 Å². The topological polar surface area (TPSA) is 29.5 Å². The smallest absolute Gasteiger partial charge is 0.258 e. The molecule has 0 aromatic heterocycles. The summed E-state index contributed by atoms with van der Waals surface area (Å²) in [5.74, 6) is 0.972. The van der Waals surface area contributed by atoms with Gasteiger partial charge in [0.1, 0.15) is 5.75 Å². The average molecular weight is 323 g/mol. The summed E-state index contributed by atoms with van der Waals surface area (Å²) < 4.78 is 5.81. The maximum atomic E-state index is 13.0. The van der Waals surface area contributed by atoms with Crippen molar-refractivity contribution in [3.05, 3.63) is 58.7 Å². The van der Waals surface area contributed by atoms with E-state index in [0.717, 1.165) is 60.4 Å². The van der Waals surface area contributed by atoms with E-state index in [4.69, 9.17) is 4.74 Å². The van der Waals surface area contributed by atoms with Crippen LogP contribution in [-0.4, -0.2) is 19.6 Å². The number of carbonyl (C=O) groups is 1. The van der Waals surface area contributed by atoms with Crippen molar-refractivity contribution in [1.82, 2.24) is 0 Å². The van der Waals surface area contributed by atoms with E-state index < -0.39 is 0 Å². The van der Waals surface area contributed by atoms with E-state index in [1.807, 2.05) is 38.2 Å². The van der Waals surface area contributed by atoms with E-state index in [1.54, 1.807) is 4.90 Å². The first kappa shape index (κ1) is 16.6. The maximum absolute atomic E-state index is 13.0. The largest absolute Gasteiger partial charge is 0.493 e. The van der Waals surface area contributed by atoms with Gasteiger partial charge in [-0.25, -0.2) is 0 Å². The highest BCUT2D eigenvalue weighted by atomic mass is 16.5. The number of carbonyl (C=O) groups excluding carboxylic acids is 1. The van der Waals surface area contributed by atoms with Crippen LogP contribution in [0.25, 0.3) is 0 Å². The number of ether oxygens (including phenoxy) is 1. The number of aryl methyl sites for hydroxylation is 3. The predicted molar refractivity (Wildman–Crippen MR) is 98.2 cm³/mol. The summed E-state index contributed by atoms with van der Waals surface area (Å²) in [6.45, 7) is 4.88. The molecule has 1 amide bonds. The number of hydrogen-bond donors (Lipinski definition) is 0. The molecular formula is C21H25NO2. The van der Waals surface area contributed by atoms with Crippen molar-refractivity contribution in [2.45, 2.75) is 39.5 Å². The second-order valence-corrected chi connectivity index (χ2v) is 6.46. The summed E-state index contributed by atoms with van der Waals surface area (Å²) in [5, 5.41) is 0. The van der Waals surface area contributed by atoms with E-state index in [9.17, 15) is 4.79 Å². The monoisotopic (exact) mass is 323 g/mol. The highest BCUT2D eigenvalue weighted by molar-refractivity contribution is 6.07. The zero-order valence-corrected chi connectivity index (χ0v) is 14.8. The molecule has 1 aliphatic heterocycles. The van der Waals surface area contributed by atoms with Crippen LogP contribution in [0, 0.1) is 6.92 Å². The fourth-order valence-corrected chi connectivity index (χ4v) is 3.14. The van der Waals surface area contributed by atoms with E-state index in [1.165, 1.54) is 5.56 Å². The Labute approximate surface area is 144 Å². The lowest BCUT2D eigenvalue weighted by Crippen LogP contribution is -2.27. The molecule has 0 radical (unpaired) electrons. The minimum absolute atomic E-state index is 0.0313. The van der Waals surface area contributed by atoms with E-state index in [-0.39, 0.29) is 5.91 Å². The summed E-state index contributed by atoms with van der Waals surface area (Å²) in [6, 6.07) is 12.2. The van der Waals surface area contributed by atoms with Crippen molar-refractivity contribution in [1.29, 1.82) is 0 Å². The molecule has 3 nitrogen and oxygen atoms in total. The van der Waals surface area contributed by atoms with Crippen LogP contribution in [-0.2, 0) is 12.8 Å². The molecule has 0 bridgehead atoms. The first-order chi connectivity index (χ1) is 11.6. The van der Waals surface area contributed by atoms with Crippen molar-refractivity contribution >= 4 is 11.6 Å². The van der Waals surface area contributed by atoms with Crippen LogP contribution in [0.3, 0.4) is 0 Å². The number of amides is 1. The Kier molecular flexibility index (Phi) is 4.89. The van der Waals surface area contributed by atoms with Crippen LogP contribution in [0.5, 0.6) is 5.75 Å². The lowest BCUT2D eigenvalue weighted by Gasteiger charge is -2.20. The molecule has 0 aliphatic carbocycles. The van der Waals surface area contributed by atoms with Gasteiger partial charge < -0.3 is 9.64 Å². The fourth-order valence-electron chi connectivity index (χ4n) is 3.14. The van der Waals surface area contributed by atoms with Crippen molar-refractivity contribution in [2.24, 2.45) is 0 Å². The first-order valence-electron chi connectivity index (χ1n) is 8.73. The molecule has 2 aromatic carbocycles. The predicted octanol–water partition coefficient (Wildman–Crippen LogP) is 4.55. The van der Waals surface area contributed by atoms with Crippen LogP contribution >= 0.6 is 0 Å². The SMILES string of the molecule is CCc1ccc(N(C)C(=O)c2cc3c(cc2C)OCCCC3)cc1. The van der Waals surface area contributed by atoms with Gasteiger partial charge in [-0.1, -0.05) is 19.1 Å². The van der Waals surface area contributed by atoms with Crippen molar-refractivity contribution in [3.8, 4) is 5.75 Å². The molecule has 0 spiro atoms. The molecule has 126 valence electrons. The van der Waals surface area contributed by atoms with Gasteiger partial charge in [-0.15, -0.1) is 0 Å². The maximum Gasteiger partial charge on any atom is 0.258 e. The molecule has 0 saturated heterocycles. The van der Waals surface area contributed by atoms with Gasteiger partial charge in [0.15, 0.2) is 0 Å². The molecule has 24 heavy (non-hydrogen) atoms. The van der Waals surface area contributed by atoms with Gasteiger partial charge in [0.2, 0.25) is 0 Å². The van der Waals surface area contributed by atoms with Gasteiger partial charge in [-0.3, -0.25) is 4.79 Å². The molecule has 3 rings (SSSR count). The summed E-state index contributed by atoms with van der Waals surface area (Å²) in [4.78, 5) is 14.7. The average Bonchev–Trinajstić information content (AvgIpc) is 2.84. The van der Waals surface area contributed by atoms with Crippen LogP contribution in [0.15, 0.2) is 36.4 Å². The fraction of sp³-hybridized carbons (Fsp3) is 0.381. The van der Waals surface area contributed by atoms with Crippen LogP contribution in [0.2, 0.25) is 0 Å². The highest BCUT2D eigenvalue weighted by Gasteiger charge is 2.19. The normalized spacial score (nSPS) is 13.6. The zero-order valence-electron chi connectivity index (χ0n) is 14.8. The van der Waals surface area contributed by atoms with Gasteiger partial charge in [0, 0.05) is 18.3 Å². The van der Waals surface area contributed by atoms with Gasteiger partial charge in [0.05, 0.1) is 6.61 Å². The summed E-state index contributed by atoms with van der Waals surface area (Å²) in [5.41, 5.74) is 5.08. The third kappa shape index (κ3) is 3.30. The summed E-state index contributed by atoms with van der Waals surface area (Å²) in [6.07, 6.45) is 4.16. The van der Waals surface area contributed by atoms with Crippen molar-refractivity contribution in [3.63, 3.8) is 0 Å². The summed E-state index contributed by atoms with van der Waals surface area (Å²) >= 11 is 0. The van der Waals surface area contributed by atoms with Crippen LogP contribution < -0.4 is 9.64 Å². The molecule has 2 aromatic rings. The molecular weight excluding hydrogens is 298 g/mol. The third-order valence-corrected chi connectivity index (χ3v) is 4.77. The number of fused-ring (bicyclic) bond motifs is 1. The Morgan fingerprint density at radius 2 is 1.92 bits per heavy atom. The molecule has 0 atom stereocenters. The Hall–Kier alpha value is -2.29. The van der Waals surface area contributed by atoms with Gasteiger partial charge in [-0.05, 0) is 73.6 Å². The number of benzene rings is 2. The Morgan fingerprint density at radius 1 is 1.17 bits per heavy atom. The van der Waals surface area contributed by atoms with Crippen LogP contribution in [0.4, 0.5) is 5.69 Å². The van der Waals surface area contributed by atoms with E-state index in [0.29, 0.717) is 0 Å². The number of rotatable bonds is 3. The van der Waals surface area contributed by atoms with Crippen molar-refractivity contribution in [2.75, 3.05) is 18.6 Å². The number of nitrogens with zero attached hydrogens (tertiary/aromatic N) is 1. The standard InChI is InChI=1S/C21H25NO2/c1-4-16-8-10-18(11-9-16)22(3)21(23)19-14-17-7-5-6-12-24-20(17)13-15(19)2/h8-11,13-14H,4-7,12H2,1-3H3. The Morgan fingerprint density at radius 3 is 2.62 bits per heavy atom. The molecule has 0 N–H and O–H groups in total. The minimum Gasteiger partial charge on any atom is -0.493 e. The van der Waals surface area contributed by atoms with E-state index in [2.05, 4.69) is 19.1 Å². The minimum atomic E-state index is 0.0313. The Bertz CT molecular complexity index is 734. The van der Waals surface area contributed by atoms with Gasteiger partial charge in [-0.2, -0.15) is 0 Å². The molecule has 1 aliphatic rings. The molecule has 0 unspecified atom stereocenters. The number of anilines is 1. The molecule has 0 fully saturated rings. The lowest BCUT2D eigenvalue weighted by molar-refractivity contribution is 0.0992. The number of hydrogen-bond acceptors (Lipinski definition) is 2. The van der Waals surface area contributed by atoms with Gasteiger partial charge >= 0.3 is 0 Å². The third-order valence-electron chi connectivity index (χ3n) is 4.77. The Balaban J connectivity index is 1.89.